The van der Waals surface area contributed by atoms with E-state index < -0.39 is 0 Å². The van der Waals surface area contributed by atoms with Crippen LogP contribution in [0.5, 0.6) is 0 Å². The molecule has 0 aliphatic heterocycles. The predicted octanol–water partition coefficient (Wildman–Crippen LogP) is 2.33. The molecule has 116 valence electrons. The van der Waals surface area contributed by atoms with Gasteiger partial charge in [-0.05, 0) is 24.5 Å². The Morgan fingerprint density at radius 3 is 2.78 bits per heavy atom. The molecule has 0 spiro atoms. The third-order valence-corrected chi connectivity index (χ3v) is 4.35. The van der Waals surface area contributed by atoms with Gasteiger partial charge in [0.15, 0.2) is 17.2 Å². The highest BCUT2D eigenvalue weighted by atomic mass is 35.5. The van der Waals surface area contributed by atoms with Gasteiger partial charge in [-0.25, -0.2) is 0 Å². The summed E-state index contributed by atoms with van der Waals surface area (Å²) < 4.78 is 7.76. The summed E-state index contributed by atoms with van der Waals surface area (Å²) in [5, 5.41) is 13.4. The largest absolute Gasteiger partial charge is 0.330 e. The number of nitrogens with zero attached hydrogens (tertiary/aromatic N) is 6. The van der Waals surface area contributed by atoms with Crippen LogP contribution in [0.1, 0.15) is 5.69 Å². The van der Waals surface area contributed by atoms with Gasteiger partial charge in [-0.15, -0.1) is 0 Å². The quantitative estimate of drug-likeness (QED) is 0.576. The fourth-order valence-corrected chi connectivity index (χ4v) is 3.21. The monoisotopic (exact) mass is 346 g/mol. The fraction of sp³-hybridized carbons (Fsp3) is 0.143. The third kappa shape index (κ3) is 2.55. The summed E-state index contributed by atoms with van der Waals surface area (Å²) in [6.07, 6.45) is 5.49. The molecular weight excluding hydrogens is 334 g/mol. The van der Waals surface area contributed by atoms with Crippen LogP contribution < -0.4 is 5.32 Å². The number of halogens is 1. The minimum atomic E-state index is 0.506. The molecule has 1 N–H and O–H groups in total. The van der Waals surface area contributed by atoms with Gasteiger partial charge in [-0.2, -0.15) is 24.1 Å². The van der Waals surface area contributed by atoms with Crippen molar-refractivity contribution in [3.05, 3.63) is 41.6 Å². The van der Waals surface area contributed by atoms with Gasteiger partial charge < -0.3 is 5.32 Å². The highest BCUT2D eigenvalue weighted by Crippen LogP contribution is 2.28. The molecule has 0 fully saturated rings. The normalized spacial score (nSPS) is 11.3. The summed E-state index contributed by atoms with van der Waals surface area (Å²) in [6.45, 7) is 1.96. The van der Waals surface area contributed by atoms with Crippen molar-refractivity contribution in [1.29, 1.82) is 0 Å². The Bertz CT molecular complexity index is 1000. The maximum atomic E-state index is 5.30. The average Bonchev–Trinajstić information content (AvgIpc) is 3.19. The number of hydrogen-bond acceptors (Lipinski definition) is 6. The molecule has 23 heavy (non-hydrogen) atoms. The van der Waals surface area contributed by atoms with Crippen molar-refractivity contribution in [2.45, 2.75) is 6.92 Å². The second-order valence-electron chi connectivity index (χ2n) is 5.13. The summed E-state index contributed by atoms with van der Waals surface area (Å²) in [5.41, 5.74) is 3.52. The Labute approximate surface area is 140 Å². The molecular formula is C14H13ClN7S+. The molecule has 0 saturated carbocycles. The molecule has 0 atom stereocenters. The van der Waals surface area contributed by atoms with Crippen LogP contribution in [-0.4, -0.2) is 28.8 Å². The fourth-order valence-electron chi connectivity index (χ4n) is 2.34. The minimum absolute atomic E-state index is 0.506. The molecule has 7 nitrogen and oxygen atoms in total. The van der Waals surface area contributed by atoms with Crippen molar-refractivity contribution in [1.82, 2.24) is 28.8 Å². The lowest BCUT2D eigenvalue weighted by atomic mass is 10.2. The van der Waals surface area contributed by atoms with Gasteiger partial charge in [0.2, 0.25) is 0 Å². The molecule has 4 rings (SSSR count). The highest BCUT2D eigenvalue weighted by molar-refractivity contribution is 7.10. The van der Waals surface area contributed by atoms with Crippen LogP contribution >= 0.6 is 11.5 Å². The molecule has 0 aliphatic carbocycles. The van der Waals surface area contributed by atoms with Crippen molar-refractivity contribution in [2.75, 3.05) is 5.32 Å². The van der Waals surface area contributed by atoms with Gasteiger partial charge >= 0.3 is 5.15 Å². The van der Waals surface area contributed by atoms with Crippen LogP contribution in [0, 0.1) is 18.5 Å². The highest BCUT2D eigenvalue weighted by Gasteiger charge is 2.16. The first kappa shape index (κ1) is 14.2. The van der Waals surface area contributed by atoms with E-state index in [-0.39, 0.29) is 0 Å². The molecule has 0 saturated heterocycles. The smallest absolute Gasteiger partial charge is 0.323 e. The van der Waals surface area contributed by atoms with Gasteiger partial charge in [-0.1, -0.05) is 0 Å². The van der Waals surface area contributed by atoms with E-state index in [2.05, 4.69) is 24.9 Å². The van der Waals surface area contributed by atoms with Crippen LogP contribution in [0.2, 0.25) is 5.15 Å². The van der Waals surface area contributed by atoms with Crippen molar-refractivity contribution in [3.63, 3.8) is 0 Å². The number of aromatic nitrogens is 6. The van der Waals surface area contributed by atoms with E-state index >= 15 is 0 Å². The third-order valence-electron chi connectivity index (χ3n) is 3.34. The lowest BCUT2D eigenvalue weighted by Gasteiger charge is -2.04. The molecule has 4 heterocycles. The number of aryl methyl sites for hydroxylation is 2. The van der Waals surface area contributed by atoms with Crippen LogP contribution in [0.25, 0.3) is 16.8 Å². The van der Waals surface area contributed by atoms with Gasteiger partial charge in [-0.3, -0.25) is 4.68 Å². The van der Waals surface area contributed by atoms with E-state index in [0.717, 1.165) is 27.6 Å². The molecule has 0 aromatic carbocycles. The standard InChI is InChI=1S/C14H13ClN7S/c1-8-3-13(23-20-8)19-12-4-11(15)18-14-10(6-17-22(12)14)9-5-16-21(2)7-9/h3-7,15,19H,1-2H3/q+1. The summed E-state index contributed by atoms with van der Waals surface area (Å²) in [6, 6.07) is 3.77. The van der Waals surface area contributed by atoms with Crippen LogP contribution in [0.3, 0.4) is 0 Å². The minimum Gasteiger partial charge on any atom is -0.330 e. The van der Waals surface area contributed by atoms with Crippen molar-refractivity contribution in [3.8, 4) is 11.1 Å². The molecule has 0 radical (unpaired) electrons. The first-order valence-corrected chi connectivity index (χ1v) is 8.03. The van der Waals surface area contributed by atoms with Crippen LogP contribution in [0.4, 0.5) is 10.8 Å². The second-order valence-corrected chi connectivity index (χ2v) is 6.36. The molecule has 9 heteroatoms. The maximum absolute atomic E-state index is 5.30. The molecule has 0 bridgehead atoms. The van der Waals surface area contributed by atoms with Crippen molar-refractivity contribution < 1.29 is 11.6 Å². The Hall–Kier alpha value is -2.45. The molecule has 0 amide bonds. The second kappa shape index (κ2) is 5.32. The number of rotatable bonds is 3. The Morgan fingerprint density at radius 2 is 2.09 bits per heavy atom. The summed E-state index contributed by atoms with van der Waals surface area (Å²) in [7, 11) is 1.88. The first-order chi connectivity index (χ1) is 11.1. The van der Waals surface area contributed by atoms with E-state index in [4.69, 9.17) is 11.6 Å². The van der Waals surface area contributed by atoms with E-state index in [1.807, 2.05) is 26.2 Å². The zero-order valence-corrected chi connectivity index (χ0v) is 14.0. The summed E-state index contributed by atoms with van der Waals surface area (Å²) in [4.78, 5) is 4.45. The van der Waals surface area contributed by atoms with Gasteiger partial charge in [0, 0.05) is 18.8 Å². The number of fused-ring (bicyclic) bond motifs is 1. The average molecular weight is 347 g/mol. The molecule has 0 aliphatic rings. The van der Waals surface area contributed by atoms with Gasteiger partial charge in [0.1, 0.15) is 10.8 Å². The zero-order chi connectivity index (χ0) is 16.0. The van der Waals surface area contributed by atoms with E-state index in [9.17, 15) is 0 Å². The SMILES string of the molecule is Cc1cc(Nc2cc([ClH+])nc3c(-c4cnn(C)c4)cnn23)sn1. The van der Waals surface area contributed by atoms with Crippen LogP contribution in [-0.2, 0) is 7.05 Å². The van der Waals surface area contributed by atoms with Crippen molar-refractivity contribution in [2.24, 2.45) is 7.05 Å². The molecule has 4 aromatic rings. The lowest BCUT2D eigenvalue weighted by molar-refractivity contribution is -0.296. The topological polar surface area (TPSA) is 72.9 Å². The van der Waals surface area contributed by atoms with E-state index in [0.29, 0.717) is 10.8 Å². The van der Waals surface area contributed by atoms with Crippen LogP contribution in [0.15, 0.2) is 30.7 Å². The Kier molecular flexibility index (Phi) is 3.28. The number of nitrogens with one attached hydrogen (secondary N) is 1. The summed E-state index contributed by atoms with van der Waals surface area (Å²) >= 11 is 6.70. The predicted molar refractivity (Wildman–Crippen MR) is 85.9 cm³/mol. The lowest BCUT2D eigenvalue weighted by Crippen LogP contribution is -2.01. The Morgan fingerprint density at radius 1 is 1.22 bits per heavy atom. The van der Waals surface area contributed by atoms with Gasteiger partial charge in [0.25, 0.3) is 0 Å². The van der Waals surface area contributed by atoms with E-state index in [1.54, 1.807) is 27.7 Å². The maximum Gasteiger partial charge on any atom is 0.323 e. The summed E-state index contributed by atoms with van der Waals surface area (Å²) in [5.74, 6) is 0.763. The van der Waals surface area contributed by atoms with Gasteiger partial charge in [0.05, 0.1) is 29.7 Å². The van der Waals surface area contributed by atoms with Crippen molar-refractivity contribution >= 4 is 28.0 Å². The molecule has 4 aromatic heterocycles. The molecule has 0 unspecified atom stereocenters. The Balaban J connectivity index is 1.84. The van der Waals surface area contributed by atoms with E-state index in [1.165, 1.54) is 11.5 Å². The first-order valence-electron chi connectivity index (χ1n) is 6.85. The zero-order valence-electron chi connectivity index (χ0n) is 12.4. The number of hydrogen-bond donors (Lipinski definition) is 1. The number of anilines is 2.